The average Bonchev–Trinajstić information content (AvgIpc) is 3.10. The molecule has 4 rings (SSSR count). The summed E-state index contributed by atoms with van der Waals surface area (Å²) in [5.74, 6) is 0.864. The highest BCUT2D eigenvalue weighted by atomic mass is 16.3. The summed E-state index contributed by atoms with van der Waals surface area (Å²) in [5.41, 5.74) is 5.17. The van der Waals surface area contributed by atoms with Gasteiger partial charge in [-0.3, -0.25) is 4.40 Å². The Balaban J connectivity index is 2.01. The van der Waals surface area contributed by atoms with Crippen LogP contribution in [0.3, 0.4) is 0 Å². The molecule has 0 aliphatic heterocycles. The molecule has 23 heavy (non-hydrogen) atoms. The second kappa shape index (κ2) is 5.21. The van der Waals surface area contributed by atoms with Crippen LogP contribution >= 0.6 is 0 Å². The van der Waals surface area contributed by atoms with Gasteiger partial charge in [0, 0.05) is 5.69 Å². The fourth-order valence-electron chi connectivity index (χ4n) is 3.36. The lowest BCUT2D eigenvalue weighted by Crippen LogP contribution is -2.15. The van der Waals surface area contributed by atoms with Crippen molar-refractivity contribution in [2.45, 2.75) is 19.9 Å². The molecule has 0 saturated heterocycles. The summed E-state index contributed by atoms with van der Waals surface area (Å²) in [7, 11) is 0. The van der Waals surface area contributed by atoms with E-state index in [-0.39, 0.29) is 12.6 Å². The van der Waals surface area contributed by atoms with Crippen molar-refractivity contribution in [2.24, 2.45) is 0 Å². The van der Waals surface area contributed by atoms with E-state index in [1.807, 2.05) is 31.2 Å². The van der Waals surface area contributed by atoms with E-state index in [0.717, 1.165) is 33.8 Å². The van der Waals surface area contributed by atoms with Crippen molar-refractivity contribution in [2.75, 3.05) is 6.61 Å². The van der Waals surface area contributed by atoms with Crippen molar-refractivity contribution in [1.82, 2.24) is 19.2 Å². The molecule has 116 valence electrons. The van der Waals surface area contributed by atoms with Crippen molar-refractivity contribution in [1.29, 1.82) is 0 Å². The number of nitrogens with zero attached hydrogens (tertiary/aromatic N) is 4. The van der Waals surface area contributed by atoms with Crippen molar-refractivity contribution in [3.63, 3.8) is 0 Å². The molecule has 0 saturated carbocycles. The maximum atomic E-state index is 10.0. The van der Waals surface area contributed by atoms with Gasteiger partial charge < -0.3 is 9.67 Å². The summed E-state index contributed by atoms with van der Waals surface area (Å²) in [6, 6.07) is 16.1. The SMILES string of the molecule is Cc1cc2c(ccc3nnc(C)n32)n1C(CO)c1ccccc1. The maximum Gasteiger partial charge on any atom is 0.161 e. The Kier molecular flexibility index (Phi) is 3.16. The molecule has 5 nitrogen and oxygen atoms in total. The van der Waals surface area contributed by atoms with Crippen LogP contribution in [-0.4, -0.2) is 30.9 Å². The molecule has 3 aromatic heterocycles. The van der Waals surface area contributed by atoms with Gasteiger partial charge in [-0.15, -0.1) is 10.2 Å². The third-order valence-electron chi connectivity index (χ3n) is 4.40. The largest absolute Gasteiger partial charge is 0.394 e. The topological polar surface area (TPSA) is 55.4 Å². The van der Waals surface area contributed by atoms with Crippen molar-refractivity contribution < 1.29 is 5.11 Å². The Morgan fingerprint density at radius 2 is 1.78 bits per heavy atom. The molecule has 1 atom stereocenters. The van der Waals surface area contributed by atoms with Crippen molar-refractivity contribution in [3.8, 4) is 0 Å². The number of aliphatic hydroxyl groups excluding tert-OH is 1. The first-order valence-electron chi connectivity index (χ1n) is 7.69. The van der Waals surface area contributed by atoms with Gasteiger partial charge in [-0.25, -0.2) is 0 Å². The standard InChI is InChI=1S/C18H18N4O/c1-12-10-16-15(8-9-18-20-19-13(2)22(16)18)21(12)17(11-23)14-6-4-3-5-7-14/h3-10,17,23H,11H2,1-2H3. The molecule has 1 aromatic carbocycles. The fraction of sp³-hybridized carbons (Fsp3) is 0.222. The number of pyridine rings is 1. The number of aryl methyl sites for hydroxylation is 2. The van der Waals surface area contributed by atoms with E-state index in [0.29, 0.717) is 0 Å². The molecule has 3 heterocycles. The molecule has 5 heteroatoms. The van der Waals surface area contributed by atoms with Crippen LogP contribution in [0.1, 0.15) is 23.1 Å². The highest BCUT2D eigenvalue weighted by Crippen LogP contribution is 2.28. The van der Waals surface area contributed by atoms with Gasteiger partial charge >= 0.3 is 0 Å². The summed E-state index contributed by atoms with van der Waals surface area (Å²) in [4.78, 5) is 0. The summed E-state index contributed by atoms with van der Waals surface area (Å²) < 4.78 is 4.24. The lowest BCUT2D eigenvalue weighted by Gasteiger charge is -2.20. The van der Waals surface area contributed by atoms with Crippen LogP contribution in [0, 0.1) is 13.8 Å². The van der Waals surface area contributed by atoms with Gasteiger partial charge in [0.15, 0.2) is 5.65 Å². The Morgan fingerprint density at radius 1 is 1.00 bits per heavy atom. The van der Waals surface area contributed by atoms with E-state index < -0.39 is 0 Å². The van der Waals surface area contributed by atoms with E-state index in [9.17, 15) is 5.11 Å². The third-order valence-corrected chi connectivity index (χ3v) is 4.40. The Hall–Kier alpha value is -2.66. The smallest absolute Gasteiger partial charge is 0.161 e. The normalized spacial score (nSPS) is 13.0. The van der Waals surface area contributed by atoms with E-state index in [1.54, 1.807) is 0 Å². The van der Waals surface area contributed by atoms with Crippen LogP contribution < -0.4 is 0 Å². The van der Waals surface area contributed by atoms with E-state index in [2.05, 4.69) is 50.4 Å². The van der Waals surface area contributed by atoms with E-state index in [4.69, 9.17) is 0 Å². The molecule has 0 aliphatic carbocycles. The van der Waals surface area contributed by atoms with Crippen LogP contribution in [0.5, 0.6) is 0 Å². The van der Waals surface area contributed by atoms with Gasteiger partial charge in [0.25, 0.3) is 0 Å². The predicted octanol–water partition coefficient (Wildman–Crippen LogP) is 2.88. The molecule has 0 bridgehead atoms. The second-order valence-corrected chi connectivity index (χ2v) is 5.81. The third kappa shape index (κ3) is 2.04. The zero-order valence-corrected chi connectivity index (χ0v) is 13.1. The molecular formula is C18H18N4O. The van der Waals surface area contributed by atoms with Crippen molar-refractivity contribution >= 4 is 16.7 Å². The number of hydrogen-bond acceptors (Lipinski definition) is 3. The molecule has 1 N–H and O–H groups in total. The molecule has 0 amide bonds. The zero-order chi connectivity index (χ0) is 16.0. The van der Waals surface area contributed by atoms with Gasteiger partial charge in [-0.05, 0) is 37.6 Å². The highest BCUT2D eigenvalue weighted by Gasteiger charge is 2.19. The lowest BCUT2D eigenvalue weighted by atomic mass is 10.1. The molecule has 4 aromatic rings. The van der Waals surface area contributed by atoms with Crippen LogP contribution in [0.2, 0.25) is 0 Å². The van der Waals surface area contributed by atoms with Gasteiger partial charge in [0.05, 0.1) is 23.7 Å². The Morgan fingerprint density at radius 3 is 2.52 bits per heavy atom. The summed E-state index contributed by atoms with van der Waals surface area (Å²) in [6.07, 6.45) is 0. The Labute approximate surface area is 133 Å². The number of fused-ring (bicyclic) bond motifs is 3. The summed E-state index contributed by atoms with van der Waals surface area (Å²) in [5, 5.41) is 18.4. The number of aromatic nitrogens is 4. The molecule has 0 spiro atoms. The zero-order valence-electron chi connectivity index (χ0n) is 13.1. The number of rotatable bonds is 3. The average molecular weight is 306 g/mol. The molecule has 1 unspecified atom stereocenters. The summed E-state index contributed by atoms with van der Waals surface area (Å²) in [6.45, 7) is 4.07. The number of benzene rings is 1. The lowest BCUT2D eigenvalue weighted by molar-refractivity contribution is 0.250. The van der Waals surface area contributed by atoms with Gasteiger partial charge in [-0.1, -0.05) is 30.3 Å². The van der Waals surface area contributed by atoms with E-state index >= 15 is 0 Å². The van der Waals surface area contributed by atoms with Crippen LogP contribution in [0.4, 0.5) is 0 Å². The van der Waals surface area contributed by atoms with E-state index in [1.165, 1.54) is 0 Å². The maximum absolute atomic E-state index is 10.0. The first-order chi connectivity index (χ1) is 11.2. The minimum absolute atomic E-state index is 0.0494. The highest BCUT2D eigenvalue weighted by molar-refractivity contribution is 5.81. The fourth-order valence-corrected chi connectivity index (χ4v) is 3.36. The Bertz CT molecular complexity index is 985. The minimum atomic E-state index is -0.108. The number of aliphatic hydroxyl groups is 1. The number of hydrogen-bond donors (Lipinski definition) is 1. The van der Waals surface area contributed by atoms with Gasteiger partial charge in [-0.2, -0.15) is 0 Å². The molecule has 0 aliphatic rings. The summed E-state index contributed by atoms with van der Waals surface area (Å²) >= 11 is 0. The quantitative estimate of drug-likeness (QED) is 0.633. The minimum Gasteiger partial charge on any atom is -0.394 e. The second-order valence-electron chi connectivity index (χ2n) is 5.81. The van der Waals surface area contributed by atoms with Gasteiger partial charge in [0.1, 0.15) is 5.82 Å². The first kappa shape index (κ1) is 14.0. The van der Waals surface area contributed by atoms with Crippen LogP contribution in [0.15, 0.2) is 48.5 Å². The van der Waals surface area contributed by atoms with Crippen LogP contribution in [-0.2, 0) is 0 Å². The van der Waals surface area contributed by atoms with Crippen LogP contribution in [0.25, 0.3) is 16.7 Å². The van der Waals surface area contributed by atoms with Crippen molar-refractivity contribution in [3.05, 3.63) is 65.6 Å². The predicted molar refractivity (Wildman–Crippen MR) is 89.6 cm³/mol. The molecule has 0 radical (unpaired) electrons. The molecule has 0 fully saturated rings. The van der Waals surface area contributed by atoms with Gasteiger partial charge in [0.2, 0.25) is 0 Å². The first-order valence-corrected chi connectivity index (χ1v) is 7.69. The monoisotopic (exact) mass is 306 g/mol. The molecular weight excluding hydrogens is 288 g/mol.